The minimum absolute atomic E-state index is 0.158. The van der Waals surface area contributed by atoms with E-state index in [4.69, 9.17) is 10.5 Å². The molecule has 0 aliphatic rings. The number of nitrogens with two attached hydrogens (primary N) is 1. The summed E-state index contributed by atoms with van der Waals surface area (Å²) >= 11 is 3.27. The number of ether oxygens (including phenoxy) is 1. The molecule has 0 aliphatic heterocycles. The Kier molecular flexibility index (Phi) is 5.37. The summed E-state index contributed by atoms with van der Waals surface area (Å²) in [6.45, 7) is 4.04. The van der Waals surface area contributed by atoms with Gasteiger partial charge in [-0.25, -0.2) is 4.39 Å². The molecule has 2 aromatic rings. The fourth-order valence-corrected chi connectivity index (χ4v) is 2.56. The summed E-state index contributed by atoms with van der Waals surface area (Å²) in [6.07, 6.45) is 0.471. The number of aryl methyl sites for hydroxylation is 1. The van der Waals surface area contributed by atoms with Gasteiger partial charge in [0.15, 0.2) is 0 Å². The minimum atomic E-state index is -0.341. The van der Waals surface area contributed by atoms with Crippen LogP contribution >= 0.6 is 15.9 Å². The van der Waals surface area contributed by atoms with Gasteiger partial charge in [0.2, 0.25) is 0 Å². The predicted octanol–water partition coefficient (Wildman–Crippen LogP) is 4.75. The molecule has 21 heavy (non-hydrogen) atoms. The van der Waals surface area contributed by atoms with Crippen LogP contribution in [0.25, 0.3) is 0 Å². The zero-order chi connectivity index (χ0) is 15.4. The average Bonchev–Trinajstić information content (AvgIpc) is 2.44. The van der Waals surface area contributed by atoms with Gasteiger partial charge >= 0.3 is 0 Å². The Morgan fingerprint density at radius 3 is 2.43 bits per heavy atom. The van der Waals surface area contributed by atoms with Crippen LogP contribution < -0.4 is 10.5 Å². The van der Waals surface area contributed by atoms with Crippen LogP contribution in [0.4, 0.5) is 4.39 Å². The molecule has 2 aromatic carbocycles. The minimum Gasteiger partial charge on any atom is -0.484 e. The van der Waals surface area contributed by atoms with Crippen LogP contribution in [0.2, 0.25) is 0 Å². The maximum Gasteiger partial charge on any atom is 0.139 e. The molecule has 2 nitrogen and oxygen atoms in total. The van der Waals surface area contributed by atoms with Crippen molar-refractivity contribution in [2.75, 3.05) is 0 Å². The zero-order valence-corrected chi connectivity index (χ0v) is 13.7. The molecule has 0 aliphatic carbocycles. The summed E-state index contributed by atoms with van der Waals surface area (Å²) in [5.41, 5.74) is 8.35. The highest BCUT2D eigenvalue weighted by Crippen LogP contribution is 2.28. The highest BCUT2D eigenvalue weighted by molar-refractivity contribution is 9.10. The third-order valence-corrected chi connectivity index (χ3v) is 3.82. The topological polar surface area (TPSA) is 35.2 Å². The Balaban J connectivity index is 2.30. The van der Waals surface area contributed by atoms with Crippen molar-refractivity contribution in [3.63, 3.8) is 0 Å². The summed E-state index contributed by atoms with van der Waals surface area (Å²) in [5.74, 6) is 0.128. The van der Waals surface area contributed by atoms with Gasteiger partial charge in [0.25, 0.3) is 0 Å². The lowest BCUT2D eigenvalue weighted by Crippen LogP contribution is -2.31. The van der Waals surface area contributed by atoms with Crippen molar-refractivity contribution < 1.29 is 9.13 Å². The van der Waals surface area contributed by atoms with E-state index in [-0.39, 0.29) is 18.0 Å². The number of rotatable bonds is 5. The first-order valence-electron chi connectivity index (χ1n) is 6.94. The molecule has 2 atom stereocenters. The van der Waals surface area contributed by atoms with Crippen LogP contribution in [-0.2, 0) is 0 Å². The number of hydrogen-bond acceptors (Lipinski definition) is 2. The van der Waals surface area contributed by atoms with Crippen molar-refractivity contribution in [2.24, 2.45) is 5.73 Å². The van der Waals surface area contributed by atoms with Gasteiger partial charge in [0.05, 0.1) is 0 Å². The Morgan fingerprint density at radius 2 is 1.86 bits per heavy atom. The number of benzene rings is 2. The van der Waals surface area contributed by atoms with Crippen molar-refractivity contribution in [2.45, 2.75) is 32.4 Å². The van der Waals surface area contributed by atoms with Crippen molar-refractivity contribution in [1.82, 2.24) is 0 Å². The van der Waals surface area contributed by atoms with E-state index in [1.165, 1.54) is 17.7 Å². The molecular weight excluding hydrogens is 333 g/mol. The van der Waals surface area contributed by atoms with Crippen LogP contribution in [0.5, 0.6) is 5.75 Å². The van der Waals surface area contributed by atoms with Crippen LogP contribution in [0.1, 0.15) is 30.6 Å². The van der Waals surface area contributed by atoms with Gasteiger partial charge in [0.1, 0.15) is 17.7 Å². The van der Waals surface area contributed by atoms with Gasteiger partial charge in [0, 0.05) is 16.6 Å². The lowest BCUT2D eigenvalue weighted by Gasteiger charge is -2.25. The quantitative estimate of drug-likeness (QED) is 0.843. The molecule has 112 valence electrons. The molecule has 0 amide bonds. The molecule has 0 bridgehead atoms. The van der Waals surface area contributed by atoms with Crippen molar-refractivity contribution in [3.8, 4) is 5.75 Å². The van der Waals surface area contributed by atoms with Crippen LogP contribution in [0, 0.1) is 12.7 Å². The number of halogens is 2. The van der Waals surface area contributed by atoms with Gasteiger partial charge < -0.3 is 10.5 Å². The SMILES string of the molecule is CCC(N)C(Oc1cc(F)cc(Br)c1)c1ccc(C)cc1. The van der Waals surface area contributed by atoms with E-state index in [0.29, 0.717) is 10.2 Å². The van der Waals surface area contributed by atoms with E-state index in [0.717, 1.165) is 12.0 Å². The molecule has 2 N–H and O–H groups in total. The highest BCUT2D eigenvalue weighted by Gasteiger charge is 2.21. The van der Waals surface area contributed by atoms with Gasteiger partial charge in [-0.2, -0.15) is 0 Å². The molecule has 4 heteroatoms. The second-order valence-corrected chi connectivity index (χ2v) is 6.04. The molecule has 0 fully saturated rings. The second kappa shape index (κ2) is 7.05. The van der Waals surface area contributed by atoms with E-state index in [2.05, 4.69) is 15.9 Å². The van der Waals surface area contributed by atoms with Crippen molar-refractivity contribution >= 4 is 15.9 Å². The molecule has 0 spiro atoms. The second-order valence-electron chi connectivity index (χ2n) is 5.13. The molecule has 0 heterocycles. The van der Waals surface area contributed by atoms with Gasteiger partial charge in [-0.05, 0) is 31.0 Å². The summed E-state index contributed by atoms with van der Waals surface area (Å²) in [4.78, 5) is 0. The first-order chi connectivity index (χ1) is 9.99. The fraction of sp³-hybridized carbons (Fsp3) is 0.294. The lowest BCUT2D eigenvalue weighted by atomic mass is 10.00. The summed E-state index contributed by atoms with van der Waals surface area (Å²) in [7, 11) is 0. The van der Waals surface area contributed by atoms with Gasteiger partial charge in [-0.3, -0.25) is 0 Å². The Labute approximate surface area is 133 Å². The average molecular weight is 352 g/mol. The lowest BCUT2D eigenvalue weighted by molar-refractivity contribution is 0.170. The fourth-order valence-electron chi connectivity index (χ4n) is 2.12. The predicted molar refractivity (Wildman–Crippen MR) is 86.9 cm³/mol. The van der Waals surface area contributed by atoms with E-state index in [1.54, 1.807) is 6.07 Å². The standard InChI is InChI=1S/C17H19BrFNO/c1-3-16(20)17(12-6-4-11(2)5-7-12)21-15-9-13(18)8-14(19)10-15/h4-10,16-17H,3,20H2,1-2H3. The maximum absolute atomic E-state index is 13.5. The maximum atomic E-state index is 13.5. The van der Waals surface area contributed by atoms with E-state index in [1.807, 2.05) is 38.1 Å². The van der Waals surface area contributed by atoms with E-state index >= 15 is 0 Å². The highest BCUT2D eigenvalue weighted by atomic mass is 79.9. The molecule has 0 saturated heterocycles. The molecular formula is C17H19BrFNO. The van der Waals surface area contributed by atoms with Crippen LogP contribution in [0.3, 0.4) is 0 Å². The summed E-state index contributed by atoms with van der Waals surface area (Å²) < 4.78 is 20.1. The third-order valence-electron chi connectivity index (χ3n) is 3.37. The normalized spacial score (nSPS) is 13.8. The van der Waals surface area contributed by atoms with Crippen LogP contribution in [-0.4, -0.2) is 6.04 Å². The number of hydrogen-bond donors (Lipinski definition) is 1. The summed E-state index contributed by atoms with van der Waals surface area (Å²) in [6, 6.07) is 12.4. The Hall–Kier alpha value is -1.39. The Bertz CT molecular complexity index is 580. The zero-order valence-electron chi connectivity index (χ0n) is 12.1. The third kappa shape index (κ3) is 4.29. The Morgan fingerprint density at radius 1 is 1.19 bits per heavy atom. The van der Waals surface area contributed by atoms with Gasteiger partial charge in [-0.15, -0.1) is 0 Å². The first kappa shape index (κ1) is 16.0. The molecule has 0 aromatic heterocycles. The first-order valence-corrected chi connectivity index (χ1v) is 7.73. The summed E-state index contributed by atoms with van der Waals surface area (Å²) in [5, 5.41) is 0. The molecule has 0 saturated carbocycles. The molecule has 0 radical (unpaired) electrons. The largest absolute Gasteiger partial charge is 0.484 e. The van der Waals surface area contributed by atoms with Crippen LogP contribution in [0.15, 0.2) is 46.9 Å². The van der Waals surface area contributed by atoms with E-state index in [9.17, 15) is 4.39 Å². The van der Waals surface area contributed by atoms with E-state index < -0.39 is 0 Å². The monoisotopic (exact) mass is 351 g/mol. The van der Waals surface area contributed by atoms with Gasteiger partial charge in [-0.1, -0.05) is 52.7 Å². The molecule has 2 unspecified atom stereocenters. The van der Waals surface area contributed by atoms with Crippen molar-refractivity contribution in [1.29, 1.82) is 0 Å². The van der Waals surface area contributed by atoms with Crippen molar-refractivity contribution in [3.05, 3.63) is 63.9 Å². The molecule has 2 rings (SSSR count). The smallest absolute Gasteiger partial charge is 0.139 e.